The molecule has 2 aromatic heterocycles. The van der Waals surface area contributed by atoms with Crippen LogP contribution < -0.4 is 5.56 Å². The quantitative estimate of drug-likeness (QED) is 0.261. The Kier molecular flexibility index (Phi) is 8.53. The minimum Gasteiger partial charge on any atom is -0.328 e. The maximum Gasteiger partial charge on any atom is 0.264 e. The van der Waals surface area contributed by atoms with Crippen LogP contribution in [-0.4, -0.2) is 55.8 Å². The van der Waals surface area contributed by atoms with Gasteiger partial charge in [0, 0.05) is 12.1 Å². The van der Waals surface area contributed by atoms with E-state index in [9.17, 15) is 9.59 Å². The highest BCUT2D eigenvalue weighted by Crippen LogP contribution is 2.29. The molecule has 4 aromatic rings. The molecular weight excluding hydrogens is 506 g/mol. The fraction of sp³-hybridized carbons (Fsp3) is 0.419. The molecule has 1 saturated heterocycles. The molecule has 0 radical (unpaired) electrons. The molecule has 1 unspecified atom stereocenters. The lowest BCUT2D eigenvalue weighted by atomic mass is 10.0. The van der Waals surface area contributed by atoms with Gasteiger partial charge in [0.25, 0.3) is 11.5 Å². The van der Waals surface area contributed by atoms with Gasteiger partial charge in [-0.3, -0.25) is 14.2 Å². The van der Waals surface area contributed by atoms with Crippen LogP contribution in [0.25, 0.3) is 10.2 Å². The van der Waals surface area contributed by atoms with Gasteiger partial charge in [-0.25, -0.2) is 4.98 Å². The standard InChI is InChI=1S/C31H37N5O2S/c1-4-26(35(20-12-19-34-17-10-11-18-34)30(37)25-16-9-8-13-22(25)2)28-32-29-27(23(3)33-39-29)31(38)36(28)21-24-14-6-5-7-15-24/h5-9,13-16,26H,4,10-12,17-21H2,1-3H3. The number of likely N-dealkylation sites (tertiary alicyclic amines) is 1. The summed E-state index contributed by atoms with van der Waals surface area (Å²) in [6.07, 6.45) is 4.01. The second-order valence-electron chi connectivity index (χ2n) is 10.4. The van der Waals surface area contributed by atoms with Gasteiger partial charge in [-0.1, -0.05) is 55.5 Å². The Morgan fingerprint density at radius 1 is 1.05 bits per heavy atom. The van der Waals surface area contributed by atoms with E-state index in [0.717, 1.165) is 37.2 Å². The molecule has 1 aliphatic rings. The van der Waals surface area contributed by atoms with Crippen LogP contribution in [0.15, 0.2) is 59.4 Å². The van der Waals surface area contributed by atoms with Crippen LogP contribution in [0.3, 0.4) is 0 Å². The average molecular weight is 544 g/mol. The van der Waals surface area contributed by atoms with E-state index in [-0.39, 0.29) is 17.5 Å². The lowest BCUT2D eigenvalue weighted by molar-refractivity contribution is 0.0647. The zero-order valence-corrected chi connectivity index (χ0v) is 23.9. The van der Waals surface area contributed by atoms with E-state index in [1.54, 1.807) is 4.57 Å². The summed E-state index contributed by atoms with van der Waals surface area (Å²) < 4.78 is 6.21. The minimum atomic E-state index is -0.348. The summed E-state index contributed by atoms with van der Waals surface area (Å²) in [4.78, 5) is 38.2. The molecule has 39 heavy (non-hydrogen) atoms. The number of benzene rings is 2. The van der Waals surface area contributed by atoms with Gasteiger partial charge in [0.1, 0.15) is 5.82 Å². The van der Waals surface area contributed by atoms with Gasteiger partial charge in [-0.2, -0.15) is 4.37 Å². The molecule has 8 heteroatoms. The van der Waals surface area contributed by atoms with Crippen molar-refractivity contribution >= 4 is 27.7 Å². The molecule has 1 atom stereocenters. The summed E-state index contributed by atoms with van der Waals surface area (Å²) in [5.74, 6) is 0.619. The van der Waals surface area contributed by atoms with Gasteiger partial charge in [0.15, 0.2) is 4.83 Å². The van der Waals surface area contributed by atoms with Crippen molar-refractivity contribution in [2.24, 2.45) is 0 Å². The van der Waals surface area contributed by atoms with E-state index >= 15 is 0 Å². The van der Waals surface area contributed by atoms with Crippen molar-refractivity contribution in [2.45, 2.75) is 59.0 Å². The summed E-state index contributed by atoms with van der Waals surface area (Å²) >= 11 is 1.25. The zero-order chi connectivity index (χ0) is 27.4. The maximum atomic E-state index is 14.2. The van der Waals surface area contributed by atoms with Gasteiger partial charge in [-0.15, -0.1) is 0 Å². The van der Waals surface area contributed by atoms with Crippen LogP contribution in [0.5, 0.6) is 0 Å². The molecule has 1 aliphatic heterocycles. The van der Waals surface area contributed by atoms with E-state index in [1.165, 1.54) is 24.4 Å². The smallest absolute Gasteiger partial charge is 0.264 e. The van der Waals surface area contributed by atoms with Crippen molar-refractivity contribution in [2.75, 3.05) is 26.2 Å². The number of carbonyl (C=O) groups is 1. The van der Waals surface area contributed by atoms with Crippen LogP contribution in [0.2, 0.25) is 0 Å². The molecule has 204 valence electrons. The highest BCUT2D eigenvalue weighted by molar-refractivity contribution is 7.12. The summed E-state index contributed by atoms with van der Waals surface area (Å²) in [6.45, 7) is 10.1. The summed E-state index contributed by atoms with van der Waals surface area (Å²) in [5.41, 5.74) is 3.27. The minimum absolute atomic E-state index is 0.0116. The van der Waals surface area contributed by atoms with E-state index in [1.807, 2.05) is 73.3 Å². The van der Waals surface area contributed by atoms with Crippen molar-refractivity contribution in [3.8, 4) is 0 Å². The molecule has 0 bridgehead atoms. The van der Waals surface area contributed by atoms with Crippen molar-refractivity contribution in [1.29, 1.82) is 0 Å². The van der Waals surface area contributed by atoms with Crippen LogP contribution >= 0.6 is 11.5 Å². The topological polar surface area (TPSA) is 71.3 Å². The monoisotopic (exact) mass is 543 g/mol. The third kappa shape index (κ3) is 5.82. The third-order valence-corrected chi connectivity index (χ3v) is 8.58. The van der Waals surface area contributed by atoms with Gasteiger partial charge < -0.3 is 9.80 Å². The molecule has 0 aliphatic carbocycles. The predicted octanol–water partition coefficient (Wildman–Crippen LogP) is 5.60. The zero-order valence-electron chi connectivity index (χ0n) is 23.1. The Hall–Kier alpha value is -3.36. The third-order valence-electron chi connectivity index (χ3n) is 7.75. The Bertz CT molecular complexity index is 1490. The normalized spacial score (nSPS) is 14.6. The number of hydrogen-bond donors (Lipinski definition) is 0. The first-order chi connectivity index (χ1) is 19.0. The largest absolute Gasteiger partial charge is 0.328 e. The van der Waals surface area contributed by atoms with Crippen molar-refractivity contribution in [3.63, 3.8) is 0 Å². The van der Waals surface area contributed by atoms with E-state index < -0.39 is 0 Å². The summed E-state index contributed by atoms with van der Waals surface area (Å²) in [6, 6.07) is 17.4. The molecule has 1 fully saturated rings. The van der Waals surface area contributed by atoms with Crippen molar-refractivity contribution < 1.29 is 4.79 Å². The summed E-state index contributed by atoms with van der Waals surface area (Å²) in [7, 11) is 0. The molecule has 0 spiro atoms. The van der Waals surface area contributed by atoms with Crippen molar-refractivity contribution in [1.82, 2.24) is 23.7 Å². The Labute approximate surface area is 234 Å². The number of carbonyl (C=O) groups excluding carboxylic acids is 1. The summed E-state index contributed by atoms with van der Waals surface area (Å²) in [5, 5.41) is 0.570. The number of aryl methyl sites for hydroxylation is 2. The second-order valence-corrected chi connectivity index (χ2v) is 11.2. The lowest BCUT2D eigenvalue weighted by Gasteiger charge is -2.33. The van der Waals surface area contributed by atoms with Crippen LogP contribution in [0.4, 0.5) is 0 Å². The van der Waals surface area contributed by atoms with Gasteiger partial charge >= 0.3 is 0 Å². The van der Waals surface area contributed by atoms with Crippen molar-refractivity contribution in [3.05, 3.63) is 93.2 Å². The number of fused-ring (bicyclic) bond motifs is 1. The molecule has 2 aromatic carbocycles. The van der Waals surface area contributed by atoms with E-state index in [2.05, 4.69) is 16.2 Å². The van der Waals surface area contributed by atoms with E-state index in [4.69, 9.17) is 4.98 Å². The van der Waals surface area contributed by atoms with Crippen LogP contribution in [0.1, 0.15) is 71.7 Å². The SMILES string of the molecule is CCC(c1nc2snc(C)c2c(=O)n1Cc1ccccc1)N(CCCN1CCCC1)C(=O)c1ccccc1C. The molecule has 0 saturated carbocycles. The van der Waals surface area contributed by atoms with Gasteiger partial charge in [0.05, 0.1) is 23.7 Å². The lowest BCUT2D eigenvalue weighted by Crippen LogP contribution is -2.40. The number of rotatable bonds is 10. The van der Waals surface area contributed by atoms with Gasteiger partial charge in [-0.05, 0) is 87.9 Å². The maximum absolute atomic E-state index is 14.2. The fourth-order valence-electron chi connectivity index (χ4n) is 5.64. The Balaban J connectivity index is 1.59. The average Bonchev–Trinajstić information content (AvgIpc) is 3.60. The Morgan fingerprint density at radius 2 is 1.77 bits per heavy atom. The molecule has 5 rings (SSSR count). The highest BCUT2D eigenvalue weighted by Gasteiger charge is 2.30. The molecule has 1 amide bonds. The first-order valence-corrected chi connectivity index (χ1v) is 14.7. The van der Waals surface area contributed by atoms with E-state index in [0.29, 0.717) is 46.8 Å². The number of aromatic nitrogens is 3. The molecule has 0 N–H and O–H groups in total. The number of hydrogen-bond acceptors (Lipinski definition) is 6. The number of amides is 1. The fourth-order valence-corrected chi connectivity index (χ4v) is 6.41. The Morgan fingerprint density at radius 3 is 2.49 bits per heavy atom. The first-order valence-electron chi connectivity index (χ1n) is 14.0. The number of nitrogens with zero attached hydrogens (tertiary/aromatic N) is 5. The molecule has 7 nitrogen and oxygen atoms in total. The molecule has 3 heterocycles. The van der Waals surface area contributed by atoms with Gasteiger partial charge in [0.2, 0.25) is 0 Å². The predicted molar refractivity (Wildman–Crippen MR) is 157 cm³/mol. The highest BCUT2D eigenvalue weighted by atomic mass is 32.1. The van der Waals surface area contributed by atoms with Crippen LogP contribution in [0, 0.1) is 13.8 Å². The first kappa shape index (κ1) is 27.2. The van der Waals surface area contributed by atoms with Crippen LogP contribution in [-0.2, 0) is 6.54 Å². The second kappa shape index (κ2) is 12.2. The molecular formula is C31H37N5O2S.